The summed E-state index contributed by atoms with van der Waals surface area (Å²) in [6, 6.07) is 0. The maximum atomic E-state index is 11.8. The molecule has 0 atom stereocenters. The van der Waals surface area contributed by atoms with Crippen LogP contribution in [0.3, 0.4) is 0 Å². The van der Waals surface area contributed by atoms with E-state index in [1.165, 1.54) is 0 Å². The van der Waals surface area contributed by atoms with Crippen LogP contribution in [0, 0.1) is 0 Å². The van der Waals surface area contributed by atoms with Crippen molar-refractivity contribution in [3.8, 4) is 0 Å². The van der Waals surface area contributed by atoms with E-state index in [1.54, 1.807) is 18.1 Å². The van der Waals surface area contributed by atoms with Gasteiger partial charge in [-0.2, -0.15) is 0 Å². The topological polar surface area (TPSA) is 58.6 Å². The number of hydrogen-bond donors (Lipinski definition) is 1. The average molecular weight is 240 g/mol. The molecular formula is C12H20N2O3. The summed E-state index contributed by atoms with van der Waals surface area (Å²) < 4.78 is 5.27. The van der Waals surface area contributed by atoms with E-state index in [1.807, 2.05) is 20.8 Å². The highest BCUT2D eigenvalue weighted by Gasteiger charge is 2.28. The first-order chi connectivity index (χ1) is 7.83. The molecule has 17 heavy (non-hydrogen) atoms. The van der Waals surface area contributed by atoms with Crippen molar-refractivity contribution >= 4 is 11.9 Å². The minimum absolute atomic E-state index is 0.0826. The van der Waals surface area contributed by atoms with Crippen molar-refractivity contribution < 1.29 is 14.3 Å². The van der Waals surface area contributed by atoms with E-state index in [9.17, 15) is 9.59 Å². The molecule has 0 saturated carbocycles. The summed E-state index contributed by atoms with van der Waals surface area (Å²) in [7, 11) is 1.73. The lowest BCUT2D eigenvalue weighted by Crippen LogP contribution is -2.43. The molecule has 0 bridgehead atoms. The Hall–Kier alpha value is -1.52. The molecule has 0 aliphatic carbocycles. The molecule has 0 aromatic carbocycles. The quantitative estimate of drug-likeness (QED) is 0.702. The number of likely N-dealkylation sites (tertiary alicyclic amines) is 1. The van der Waals surface area contributed by atoms with Crippen LogP contribution >= 0.6 is 0 Å². The number of carbonyl (C=O) groups is 2. The van der Waals surface area contributed by atoms with E-state index < -0.39 is 5.60 Å². The molecule has 5 heteroatoms. The highest BCUT2D eigenvalue weighted by atomic mass is 16.6. The van der Waals surface area contributed by atoms with Gasteiger partial charge in [0.25, 0.3) is 0 Å². The molecule has 96 valence electrons. The van der Waals surface area contributed by atoms with E-state index in [0.29, 0.717) is 25.1 Å². The molecule has 1 aliphatic rings. The molecule has 1 rings (SSSR count). The monoisotopic (exact) mass is 240 g/mol. The van der Waals surface area contributed by atoms with Crippen molar-refractivity contribution in [2.24, 2.45) is 0 Å². The van der Waals surface area contributed by atoms with E-state index in [4.69, 9.17) is 4.74 Å². The molecule has 1 fully saturated rings. The number of piperidine rings is 1. The van der Waals surface area contributed by atoms with Gasteiger partial charge in [0.15, 0.2) is 5.78 Å². The predicted molar refractivity (Wildman–Crippen MR) is 64.6 cm³/mol. The number of ether oxygens (including phenoxy) is 1. The molecule has 5 nitrogen and oxygen atoms in total. The smallest absolute Gasteiger partial charge is 0.410 e. The fourth-order valence-corrected chi connectivity index (χ4v) is 1.55. The lowest BCUT2D eigenvalue weighted by atomic mass is 10.0. The zero-order chi connectivity index (χ0) is 13.1. The van der Waals surface area contributed by atoms with Crippen LogP contribution in [-0.4, -0.2) is 42.5 Å². The lowest BCUT2D eigenvalue weighted by Gasteiger charge is -2.30. The number of hydrogen-bond acceptors (Lipinski definition) is 4. The lowest BCUT2D eigenvalue weighted by molar-refractivity contribution is -0.117. The number of ketones is 1. The third-order valence-corrected chi connectivity index (χ3v) is 2.30. The van der Waals surface area contributed by atoms with E-state index in [0.717, 1.165) is 0 Å². The SMILES string of the molecule is CN/C=C1/CN(C(=O)OC(C)(C)C)CCC1=O. The van der Waals surface area contributed by atoms with Crippen LogP contribution in [-0.2, 0) is 9.53 Å². The molecular weight excluding hydrogens is 220 g/mol. The van der Waals surface area contributed by atoms with Crippen molar-refractivity contribution in [1.29, 1.82) is 0 Å². The number of Topliss-reactive ketones (excluding diaryl/α,β-unsaturated/α-hetero) is 1. The van der Waals surface area contributed by atoms with Crippen LogP contribution < -0.4 is 5.32 Å². The minimum Gasteiger partial charge on any atom is -0.444 e. The van der Waals surface area contributed by atoms with Gasteiger partial charge in [0.05, 0.1) is 6.54 Å². The second-order valence-electron chi connectivity index (χ2n) is 5.03. The first-order valence-electron chi connectivity index (χ1n) is 5.71. The third kappa shape index (κ3) is 4.09. The first-order valence-corrected chi connectivity index (χ1v) is 5.71. The molecule has 0 spiro atoms. The van der Waals surface area contributed by atoms with Crippen LogP contribution in [0.1, 0.15) is 27.2 Å². The van der Waals surface area contributed by atoms with Crippen molar-refractivity contribution in [1.82, 2.24) is 10.2 Å². The summed E-state index contributed by atoms with van der Waals surface area (Å²) in [6.07, 6.45) is 1.62. The van der Waals surface area contributed by atoms with Crippen LogP contribution in [0.5, 0.6) is 0 Å². The molecule has 0 radical (unpaired) electrons. The standard InChI is InChI=1S/C12H20N2O3/c1-12(2,3)17-11(16)14-6-5-10(15)9(8-14)7-13-4/h7,13H,5-6,8H2,1-4H3/b9-7-. The summed E-state index contributed by atoms with van der Waals surface area (Å²) in [5, 5.41) is 2.81. The molecule has 0 aromatic heterocycles. The largest absolute Gasteiger partial charge is 0.444 e. The Balaban J connectivity index is 2.65. The maximum Gasteiger partial charge on any atom is 0.410 e. The van der Waals surface area contributed by atoms with Crippen molar-refractivity contribution in [3.05, 3.63) is 11.8 Å². The molecule has 1 amide bonds. The Morgan fingerprint density at radius 1 is 1.47 bits per heavy atom. The van der Waals surface area contributed by atoms with Gasteiger partial charge in [-0.25, -0.2) is 4.79 Å². The van der Waals surface area contributed by atoms with Crippen molar-refractivity contribution in [3.63, 3.8) is 0 Å². The fraction of sp³-hybridized carbons (Fsp3) is 0.667. The second-order valence-corrected chi connectivity index (χ2v) is 5.03. The zero-order valence-electron chi connectivity index (χ0n) is 10.9. The Morgan fingerprint density at radius 2 is 2.12 bits per heavy atom. The number of nitrogens with one attached hydrogen (secondary N) is 1. The highest BCUT2D eigenvalue weighted by Crippen LogP contribution is 2.16. The third-order valence-electron chi connectivity index (χ3n) is 2.30. The van der Waals surface area contributed by atoms with Gasteiger partial charge in [-0.05, 0) is 20.8 Å². The molecule has 1 heterocycles. The van der Waals surface area contributed by atoms with Gasteiger partial charge in [-0.1, -0.05) is 0 Å². The van der Waals surface area contributed by atoms with Crippen molar-refractivity contribution in [2.45, 2.75) is 32.8 Å². The molecule has 1 saturated heterocycles. The summed E-state index contributed by atoms with van der Waals surface area (Å²) in [6.45, 7) is 6.21. The highest BCUT2D eigenvalue weighted by molar-refractivity contribution is 5.97. The van der Waals surface area contributed by atoms with Gasteiger partial charge in [-0.15, -0.1) is 0 Å². The van der Waals surface area contributed by atoms with Gasteiger partial charge in [0, 0.05) is 31.8 Å². The Bertz CT molecular complexity index is 342. The van der Waals surface area contributed by atoms with Crippen LogP contribution in [0.15, 0.2) is 11.8 Å². The summed E-state index contributed by atoms with van der Waals surface area (Å²) in [5.41, 5.74) is 0.107. The molecule has 1 aliphatic heterocycles. The summed E-state index contributed by atoms with van der Waals surface area (Å²) in [4.78, 5) is 24.9. The first kappa shape index (κ1) is 13.5. The van der Waals surface area contributed by atoms with Gasteiger partial charge < -0.3 is 15.0 Å². The van der Waals surface area contributed by atoms with Gasteiger partial charge >= 0.3 is 6.09 Å². The zero-order valence-corrected chi connectivity index (χ0v) is 10.9. The average Bonchev–Trinajstić information content (AvgIpc) is 2.19. The number of amides is 1. The Labute approximate surface area is 102 Å². The van der Waals surface area contributed by atoms with E-state index >= 15 is 0 Å². The van der Waals surface area contributed by atoms with Crippen LogP contribution in [0.4, 0.5) is 4.79 Å². The van der Waals surface area contributed by atoms with Crippen LogP contribution in [0.2, 0.25) is 0 Å². The minimum atomic E-state index is -0.509. The normalized spacial score (nSPS) is 19.4. The number of rotatable bonds is 1. The van der Waals surface area contributed by atoms with E-state index in [2.05, 4.69) is 5.32 Å². The molecule has 1 N–H and O–H groups in total. The second kappa shape index (κ2) is 5.21. The van der Waals surface area contributed by atoms with Crippen LogP contribution in [0.25, 0.3) is 0 Å². The Morgan fingerprint density at radius 3 is 2.65 bits per heavy atom. The number of carbonyl (C=O) groups excluding carboxylic acids is 2. The Kier molecular flexibility index (Phi) is 4.15. The summed E-state index contributed by atoms with van der Waals surface area (Å²) >= 11 is 0. The number of nitrogens with zero attached hydrogens (tertiary/aromatic N) is 1. The molecule has 0 aromatic rings. The molecule has 0 unspecified atom stereocenters. The summed E-state index contributed by atoms with van der Waals surface area (Å²) in [5.74, 6) is 0.0826. The predicted octanol–water partition coefficient (Wildman–Crippen LogP) is 1.30. The fourth-order valence-electron chi connectivity index (χ4n) is 1.55. The van der Waals surface area contributed by atoms with Gasteiger partial charge in [-0.3, -0.25) is 4.79 Å². The maximum absolute atomic E-state index is 11.8. The van der Waals surface area contributed by atoms with Gasteiger partial charge in [0.1, 0.15) is 5.60 Å². The van der Waals surface area contributed by atoms with Gasteiger partial charge in [0.2, 0.25) is 0 Å². The van der Waals surface area contributed by atoms with E-state index in [-0.39, 0.29) is 11.9 Å². The van der Waals surface area contributed by atoms with Crippen molar-refractivity contribution in [2.75, 3.05) is 20.1 Å².